The van der Waals surface area contributed by atoms with Gasteiger partial charge in [0.05, 0.1) is 5.75 Å². The molecule has 0 atom stereocenters. The van der Waals surface area contributed by atoms with Gasteiger partial charge in [0.1, 0.15) is 0 Å². The Morgan fingerprint density at radius 1 is 1.10 bits per heavy atom. The molecule has 29 heavy (non-hydrogen) atoms. The lowest BCUT2D eigenvalue weighted by Gasteiger charge is -2.07. The van der Waals surface area contributed by atoms with E-state index in [1.165, 1.54) is 11.8 Å². The van der Waals surface area contributed by atoms with Gasteiger partial charge in [-0.3, -0.25) is 4.79 Å². The zero-order valence-corrected chi connectivity index (χ0v) is 16.7. The van der Waals surface area contributed by atoms with Crippen LogP contribution in [-0.2, 0) is 11.8 Å². The molecule has 0 fully saturated rings. The molecule has 0 unspecified atom stereocenters. The molecule has 2 aromatic carbocycles. The fourth-order valence-electron chi connectivity index (χ4n) is 2.68. The van der Waals surface area contributed by atoms with Crippen LogP contribution < -0.4 is 5.32 Å². The number of rotatable bonds is 6. The maximum Gasteiger partial charge on any atom is 0.296 e. The zero-order chi connectivity index (χ0) is 20.2. The van der Waals surface area contributed by atoms with E-state index in [-0.39, 0.29) is 17.6 Å². The average Bonchev–Trinajstić information content (AvgIpc) is 3.36. The Kier molecular flexibility index (Phi) is 5.39. The summed E-state index contributed by atoms with van der Waals surface area (Å²) in [5.41, 5.74) is 2.67. The van der Waals surface area contributed by atoms with Crippen molar-refractivity contribution in [2.75, 3.05) is 11.1 Å². The number of benzene rings is 2. The molecule has 2 aromatic heterocycles. The van der Waals surface area contributed by atoms with Crippen LogP contribution in [-0.4, -0.2) is 36.6 Å². The molecule has 0 aliphatic rings. The predicted octanol–water partition coefficient (Wildman–Crippen LogP) is 3.57. The Hall–Kier alpha value is -3.46. The van der Waals surface area contributed by atoms with Gasteiger partial charge in [-0.05, 0) is 18.6 Å². The van der Waals surface area contributed by atoms with E-state index in [0.29, 0.717) is 16.8 Å². The average molecular weight is 406 g/mol. The molecule has 0 bridgehead atoms. The highest BCUT2D eigenvalue weighted by molar-refractivity contribution is 7.99. The van der Waals surface area contributed by atoms with E-state index in [0.717, 1.165) is 16.8 Å². The van der Waals surface area contributed by atoms with Gasteiger partial charge in [0, 0.05) is 18.3 Å². The van der Waals surface area contributed by atoms with Crippen LogP contribution in [0.3, 0.4) is 0 Å². The number of aryl methyl sites for hydroxylation is 1. The predicted molar refractivity (Wildman–Crippen MR) is 110 cm³/mol. The number of carbonyl (C=O) groups is 1. The molecular weight excluding hydrogens is 388 g/mol. The Balaban J connectivity index is 1.43. The van der Waals surface area contributed by atoms with Crippen LogP contribution in [0.2, 0.25) is 0 Å². The van der Waals surface area contributed by atoms with Gasteiger partial charge in [0.2, 0.25) is 17.6 Å². The van der Waals surface area contributed by atoms with Crippen LogP contribution >= 0.6 is 11.8 Å². The molecule has 0 aliphatic carbocycles. The normalized spacial score (nSPS) is 10.8. The summed E-state index contributed by atoms with van der Waals surface area (Å²) < 4.78 is 7.07. The van der Waals surface area contributed by atoms with Gasteiger partial charge >= 0.3 is 0 Å². The Morgan fingerprint density at radius 3 is 2.66 bits per heavy atom. The Labute approximate surface area is 171 Å². The number of amides is 1. The van der Waals surface area contributed by atoms with Crippen LogP contribution in [0.15, 0.2) is 64.3 Å². The number of aromatic nitrogens is 5. The third kappa shape index (κ3) is 4.19. The van der Waals surface area contributed by atoms with Gasteiger partial charge < -0.3 is 14.4 Å². The number of anilines is 1. The van der Waals surface area contributed by atoms with E-state index in [2.05, 4.69) is 25.7 Å². The van der Waals surface area contributed by atoms with Gasteiger partial charge in [-0.25, -0.2) is 0 Å². The maximum atomic E-state index is 12.3. The van der Waals surface area contributed by atoms with Gasteiger partial charge in [-0.2, -0.15) is 4.98 Å². The first kappa shape index (κ1) is 18.9. The first-order chi connectivity index (χ1) is 14.1. The smallest absolute Gasteiger partial charge is 0.296 e. The largest absolute Gasteiger partial charge is 0.330 e. The summed E-state index contributed by atoms with van der Waals surface area (Å²) in [5, 5.41) is 15.8. The number of hydrogen-bond acceptors (Lipinski definition) is 7. The number of thioether (sulfide) groups is 1. The van der Waals surface area contributed by atoms with Crippen molar-refractivity contribution >= 4 is 23.4 Å². The monoisotopic (exact) mass is 406 g/mol. The molecule has 9 heteroatoms. The van der Waals surface area contributed by atoms with Crippen molar-refractivity contribution < 1.29 is 9.32 Å². The second-order valence-electron chi connectivity index (χ2n) is 6.31. The molecule has 0 saturated carbocycles. The third-order valence-electron chi connectivity index (χ3n) is 4.24. The van der Waals surface area contributed by atoms with Crippen LogP contribution in [0.5, 0.6) is 0 Å². The van der Waals surface area contributed by atoms with Crippen LogP contribution in [0, 0.1) is 6.92 Å². The molecule has 4 rings (SSSR count). The van der Waals surface area contributed by atoms with Crippen molar-refractivity contribution in [2.45, 2.75) is 12.1 Å². The van der Waals surface area contributed by atoms with Crippen molar-refractivity contribution in [3.05, 3.63) is 60.2 Å². The highest BCUT2D eigenvalue weighted by Gasteiger charge is 2.19. The lowest BCUT2D eigenvalue weighted by atomic mass is 10.2. The van der Waals surface area contributed by atoms with Crippen LogP contribution in [0.25, 0.3) is 23.1 Å². The number of para-hydroxylation sites is 1. The molecule has 0 radical (unpaired) electrons. The minimum Gasteiger partial charge on any atom is -0.330 e. The topological polar surface area (TPSA) is 98.7 Å². The van der Waals surface area contributed by atoms with E-state index in [1.807, 2.05) is 61.5 Å². The summed E-state index contributed by atoms with van der Waals surface area (Å²) in [7, 11) is 1.79. The summed E-state index contributed by atoms with van der Waals surface area (Å²) in [4.78, 5) is 16.7. The zero-order valence-electron chi connectivity index (χ0n) is 15.9. The second kappa shape index (κ2) is 8.27. The summed E-state index contributed by atoms with van der Waals surface area (Å²) in [5.74, 6) is 1.30. The standard InChI is InChI=1S/C20H18N6O2S/c1-13-8-6-7-11-15(13)21-16(27)12-29-20-24-23-18(26(20)2)19-22-17(25-28-19)14-9-4-3-5-10-14/h3-11H,12H2,1-2H3,(H,21,27). The highest BCUT2D eigenvalue weighted by Crippen LogP contribution is 2.24. The van der Waals surface area contributed by atoms with Crippen LogP contribution in [0.4, 0.5) is 5.69 Å². The van der Waals surface area contributed by atoms with Crippen LogP contribution in [0.1, 0.15) is 5.56 Å². The lowest BCUT2D eigenvalue weighted by Crippen LogP contribution is -2.15. The SMILES string of the molecule is Cc1ccccc1NC(=O)CSc1nnc(-c2nc(-c3ccccc3)no2)n1C. The number of nitrogens with zero attached hydrogens (tertiary/aromatic N) is 5. The molecule has 1 N–H and O–H groups in total. The maximum absolute atomic E-state index is 12.3. The van der Waals surface area contributed by atoms with Crippen molar-refractivity contribution in [2.24, 2.45) is 7.05 Å². The highest BCUT2D eigenvalue weighted by atomic mass is 32.2. The van der Waals surface area contributed by atoms with Gasteiger partial charge in [-0.15, -0.1) is 10.2 Å². The Morgan fingerprint density at radius 2 is 1.86 bits per heavy atom. The quantitative estimate of drug-likeness (QED) is 0.489. The molecule has 146 valence electrons. The minimum absolute atomic E-state index is 0.113. The van der Waals surface area contributed by atoms with Gasteiger partial charge in [0.25, 0.3) is 5.89 Å². The number of hydrogen-bond donors (Lipinski definition) is 1. The van der Waals surface area contributed by atoms with E-state index in [4.69, 9.17) is 4.52 Å². The minimum atomic E-state index is -0.113. The molecular formula is C20H18N6O2S. The van der Waals surface area contributed by atoms with E-state index >= 15 is 0 Å². The lowest BCUT2D eigenvalue weighted by molar-refractivity contribution is -0.113. The van der Waals surface area contributed by atoms with E-state index in [9.17, 15) is 4.79 Å². The summed E-state index contributed by atoms with van der Waals surface area (Å²) in [6.45, 7) is 1.95. The molecule has 1 amide bonds. The fourth-order valence-corrected chi connectivity index (χ4v) is 3.39. The first-order valence-corrected chi connectivity index (χ1v) is 9.87. The van der Waals surface area contributed by atoms with E-state index in [1.54, 1.807) is 11.6 Å². The molecule has 8 nitrogen and oxygen atoms in total. The molecule has 4 aromatic rings. The number of carbonyl (C=O) groups excluding carboxylic acids is 1. The summed E-state index contributed by atoms with van der Waals surface area (Å²) in [6.07, 6.45) is 0. The second-order valence-corrected chi connectivity index (χ2v) is 7.25. The first-order valence-electron chi connectivity index (χ1n) is 8.89. The summed E-state index contributed by atoms with van der Waals surface area (Å²) >= 11 is 1.29. The van der Waals surface area contributed by atoms with Crippen molar-refractivity contribution in [1.29, 1.82) is 0 Å². The van der Waals surface area contributed by atoms with Gasteiger partial charge in [0.15, 0.2) is 5.16 Å². The third-order valence-corrected chi connectivity index (χ3v) is 5.26. The van der Waals surface area contributed by atoms with Crippen molar-refractivity contribution in [3.8, 4) is 23.1 Å². The van der Waals surface area contributed by atoms with E-state index < -0.39 is 0 Å². The fraction of sp³-hybridized carbons (Fsp3) is 0.150. The Bertz CT molecular complexity index is 1140. The summed E-state index contributed by atoms with van der Waals surface area (Å²) in [6, 6.07) is 17.2. The van der Waals surface area contributed by atoms with Crippen molar-refractivity contribution in [1.82, 2.24) is 24.9 Å². The molecule has 0 aliphatic heterocycles. The van der Waals surface area contributed by atoms with Crippen molar-refractivity contribution in [3.63, 3.8) is 0 Å². The number of nitrogens with one attached hydrogen (secondary N) is 1. The van der Waals surface area contributed by atoms with Gasteiger partial charge in [-0.1, -0.05) is 65.4 Å². The molecule has 0 spiro atoms. The molecule has 2 heterocycles. The molecule has 0 saturated heterocycles.